The summed E-state index contributed by atoms with van der Waals surface area (Å²) in [5.41, 5.74) is 10.2. The van der Waals surface area contributed by atoms with Gasteiger partial charge in [0.05, 0.1) is 6.04 Å². The fourth-order valence-electron chi connectivity index (χ4n) is 0.688. The molecule has 0 unspecified atom stereocenters. The van der Waals surface area contributed by atoms with Crippen molar-refractivity contribution in [3.63, 3.8) is 0 Å². The van der Waals surface area contributed by atoms with E-state index >= 15 is 0 Å². The first kappa shape index (κ1) is 20.2. The molecule has 94 valence electrons. The van der Waals surface area contributed by atoms with Crippen LogP contribution in [-0.4, -0.2) is 30.8 Å². The molecule has 0 bridgehead atoms. The lowest BCUT2D eigenvalue weighted by atomic mass is 10.2. The number of ether oxygens (including phenoxy) is 1. The molecule has 0 aromatic rings. The van der Waals surface area contributed by atoms with Crippen molar-refractivity contribution in [2.45, 2.75) is 32.4 Å². The number of amides is 1. The molecule has 0 aliphatic heterocycles. The van der Waals surface area contributed by atoms with Gasteiger partial charge in [-0.05, 0) is 20.8 Å². The number of hydrogen-bond acceptors (Lipinski definition) is 4. The topological polar surface area (TPSA) is 90.4 Å². The summed E-state index contributed by atoms with van der Waals surface area (Å²) < 4.78 is 5.01. The lowest BCUT2D eigenvalue weighted by Gasteiger charge is -2.22. The van der Waals surface area contributed by atoms with Crippen LogP contribution in [0.3, 0.4) is 0 Å². The van der Waals surface area contributed by atoms with E-state index < -0.39 is 11.7 Å². The van der Waals surface area contributed by atoms with Crippen LogP contribution in [0.15, 0.2) is 0 Å². The number of halogens is 2. The lowest BCUT2D eigenvalue weighted by molar-refractivity contribution is 0.0507. The van der Waals surface area contributed by atoms with Gasteiger partial charge in [0.2, 0.25) is 0 Å². The maximum atomic E-state index is 11.1. The average molecular weight is 262 g/mol. The fraction of sp³-hybridized carbons (Fsp3) is 0.875. The third kappa shape index (κ3) is 11.7. The second kappa shape index (κ2) is 9.03. The summed E-state index contributed by atoms with van der Waals surface area (Å²) in [5.74, 6) is 0. The highest BCUT2D eigenvalue weighted by Gasteiger charge is 2.17. The highest BCUT2D eigenvalue weighted by atomic mass is 35.5. The number of rotatable bonds is 3. The van der Waals surface area contributed by atoms with Crippen molar-refractivity contribution in [2.75, 3.05) is 13.1 Å². The Balaban J connectivity index is -0.000000720. The number of carbonyl (C=O) groups is 1. The smallest absolute Gasteiger partial charge is 0.407 e. The van der Waals surface area contributed by atoms with E-state index in [1.54, 1.807) is 20.8 Å². The maximum absolute atomic E-state index is 11.1. The molecule has 0 heterocycles. The van der Waals surface area contributed by atoms with Crippen LogP contribution in [-0.2, 0) is 4.74 Å². The number of nitrogens with one attached hydrogen (secondary N) is 1. The van der Waals surface area contributed by atoms with Gasteiger partial charge >= 0.3 is 6.09 Å². The van der Waals surface area contributed by atoms with E-state index in [0.717, 1.165) is 0 Å². The molecule has 0 atom stereocenters. The molecule has 15 heavy (non-hydrogen) atoms. The summed E-state index contributed by atoms with van der Waals surface area (Å²) >= 11 is 0. The predicted molar refractivity (Wildman–Crippen MR) is 65.8 cm³/mol. The van der Waals surface area contributed by atoms with Crippen LogP contribution in [0, 0.1) is 0 Å². The zero-order valence-corrected chi connectivity index (χ0v) is 10.9. The van der Waals surface area contributed by atoms with Crippen LogP contribution in [0.25, 0.3) is 0 Å². The molecule has 0 rings (SSSR count). The van der Waals surface area contributed by atoms with E-state index in [-0.39, 0.29) is 30.9 Å². The van der Waals surface area contributed by atoms with Gasteiger partial charge in [0.15, 0.2) is 0 Å². The lowest BCUT2D eigenvalue weighted by Crippen LogP contribution is -2.46. The normalized spacial score (nSPS) is 10.0. The van der Waals surface area contributed by atoms with Gasteiger partial charge in [0.25, 0.3) is 0 Å². The predicted octanol–water partition coefficient (Wildman–Crippen LogP) is 0.641. The summed E-state index contributed by atoms with van der Waals surface area (Å²) in [7, 11) is 0. The van der Waals surface area contributed by atoms with Gasteiger partial charge in [0.1, 0.15) is 5.60 Å². The van der Waals surface area contributed by atoms with Crippen molar-refractivity contribution >= 4 is 30.9 Å². The van der Waals surface area contributed by atoms with Crippen LogP contribution < -0.4 is 16.8 Å². The number of alkyl carbamates (subject to hydrolysis) is 1. The Bertz CT molecular complexity index is 170. The summed E-state index contributed by atoms with van der Waals surface area (Å²) in [6.07, 6.45) is -0.478. The van der Waals surface area contributed by atoms with E-state index in [0.29, 0.717) is 13.1 Å². The number of nitrogens with two attached hydrogens (primary N) is 2. The first-order valence-corrected chi connectivity index (χ1v) is 4.28. The highest BCUT2D eigenvalue weighted by molar-refractivity contribution is 5.85. The molecule has 0 fully saturated rings. The molecule has 1 amide bonds. The fourth-order valence-corrected chi connectivity index (χ4v) is 0.688. The van der Waals surface area contributed by atoms with Crippen LogP contribution in [0.4, 0.5) is 4.79 Å². The average Bonchev–Trinajstić information content (AvgIpc) is 1.96. The van der Waals surface area contributed by atoms with Crippen molar-refractivity contribution in [1.29, 1.82) is 0 Å². The number of carbonyl (C=O) groups excluding carboxylic acids is 1. The SMILES string of the molecule is CC(C)(C)OC(=O)NC(CN)CN.Cl.Cl. The largest absolute Gasteiger partial charge is 0.444 e. The Labute approximate surface area is 103 Å². The van der Waals surface area contributed by atoms with E-state index in [4.69, 9.17) is 16.2 Å². The van der Waals surface area contributed by atoms with Crippen molar-refractivity contribution in [3.05, 3.63) is 0 Å². The molecule has 0 saturated carbocycles. The summed E-state index contributed by atoms with van der Waals surface area (Å²) in [5, 5.41) is 2.56. The number of hydrogen-bond donors (Lipinski definition) is 3. The van der Waals surface area contributed by atoms with Crippen molar-refractivity contribution in [1.82, 2.24) is 5.32 Å². The first-order chi connectivity index (χ1) is 5.89. The van der Waals surface area contributed by atoms with Gasteiger partial charge in [-0.25, -0.2) is 4.79 Å². The highest BCUT2D eigenvalue weighted by Crippen LogP contribution is 2.06. The van der Waals surface area contributed by atoms with Crippen LogP contribution in [0.1, 0.15) is 20.8 Å². The Morgan fingerprint density at radius 2 is 1.67 bits per heavy atom. The standard InChI is InChI=1S/C8H19N3O2.2ClH/c1-8(2,3)13-7(12)11-6(4-9)5-10;;/h6H,4-5,9-10H2,1-3H3,(H,11,12);2*1H. The van der Waals surface area contributed by atoms with E-state index in [2.05, 4.69) is 5.32 Å². The molecule has 0 aromatic carbocycles. The van der Waals surface area contributed by atoms with Gasteiger partial charge in [-0.15, -0.1) is 24.8 Å². The Morgan fingerprint density at radius 3 is 1.93 bits per heavy atom. The van der Waals surface area contributed by atoms with Gasteiger partial charge in [0, 0.05) is 13.1 Å². The Kier molecular flexibility index (Phi) is 12.2. The zero-order valence-electron chi connectivity index (χ0n) is 9.28. The minimum absolute atomic E-state index is 0. The second-order valence-corrected chi connectivity index (χ2v) is 3.81. The van der Waals surface area contributed by atoms with Crippen molar-refractivity contribution in [3.8, 4) is 0 Å². The van der Waals surface area contributed by atoms with E-state index in [1.165, 1.54) is 0 Å². The molecule has 0 aliphatic rings. The van der Waals surface area contributed by atoms with E-state index in [1.807, 2.05) is 0 Å². The van der Waals surface area contributed by atoms with Gasteiger partial charge in [-0.3, -0.25) is 0 Å². The first-order valence-electron chi connectivity index (χ1n) is 4.28. The summed E-state index contributed by atoms with van der Waals surface area (Å²) in [4.78, 5) is 11.1. The molecule has 7 heteroatoms. The quantitative estimate of drug-likeness (QED) is 0.696. The molecular formula is C8H21Cl2N3O2. The zero-order chi connectivity index (χ0) is 10.5. The van der Waals surface area contributed by atoms with Crippen molar-refractivity contribution in [2.24, 2.45) is 11.5 Å². The molecule has 5 N–H and O–H groups in total. The van der Waals surface area contributed by atoms with Gasteiger partial charge in [-0.2, -0.15) is 0 Å². The monoisotopic (exact) mass is 261 g/mol. The molecule has 0 radical (unpaired) electrons. The van der Waals surface area contributed by atoms with E-state index in [9.17, 15) is 4.79 Å². The minimum Gasteiger partial charge on any atom is -0.444 e. The molecule has 0 aliphatic carbocycles. The molecule has 0 saturated heterocycles. The maximum Gasteiger partial charge on any atom is 0.407 e. The molecular weight excluding hydrogens is 241 g/mol. The van der Waals surface area contributed by atoms with Gasteiger partial charge in [-0.1, -0.05) is 0 Å². The Morgan fingerprint density at radius 1 is 1.27 bits per heavy atom. The van der Waals surface area contributed by atoms with Crippen molar-refractivity contribution < 1.29 is 9.53 Å². The Hall–Kier alpha value is -0.230. The van der Waals surface area contributed by atoms with Crippen LogP contribution in [0.5, 0.6) is 0 Å². The molecule has 5 nitrogen and oxygen atoms in total. The van der Waals surface area contributed by atoms with Gasteiger partial charge < -0.3 is 21.5 Å². The van der Waals surface area contributed by atoms with Crippen LogP contribution in [0.2, 0.25) is 0 Å². The third-order valence-corrected chi connectivity index (χ3v) is 1.29. The third-order valence-electron chi connectivity index (χ3n) is 1.29. The minimum atomic E-state index is -0.488. The molecule has 0 spiro atoms. The van der Waals surface area contributed by atoms with Crippen LogP contribution >= 0.6 is 24.8 Å². The molecule has 0 aromatic heterocycles. The summed E-state index contributed by atoms with van der Waals surface area (Å²) in [6, 6.07) is -0.213. The summed E-state index contributed by atoms with van der Waals surface area (Å²) in [6.45, 7) is 6.02. The second-order valence-electron chi connectivity index (χ2n) is 3.81.